The first kappa shape index (κ1) is 23.6. The van der Waals surface area contributed by atoms with Crippen LogP contribution in [0.1, 0.15) is 50.5 Å². The maximum atomic E-state index is 13.0. The second-order valence-corrected chi connectivity index (χ2v) is 11.2. The Bertz CT molecular complexity index is 852. The summed E-state index contributed by atoms with van der Waals surface area (Å²) in [5.74, 6) is 1.42. The Hall–Kier alpha value is -1.56. The molecule has 3 unspecified atom stereocenters. The zero-order valence-electron chi connectivity index (χ0n) is 19.3. The van der Waals surface area contributed by atoms with E-state index in [1.807, 2.05) is 49.5 Å². The van der Waals surface area contributed by atoms with E-state index in [0.717, 1.165) is 36.0 Å². The number of hydrogen-bond donors (Lipinski definition) is 0. The van der Waals surface area contributed by atoms with Crippen LogP contribution < -0.4 is 0 Å². The summed E-state index contributed by atoms with van der Waals surface area (Å²) >= 11 is 0. The number of piperidine rings is 1. The molecule has 2 aromatic rings. The lowest BCUT2D eigenvalue weighted by Gasteiger charge is -2.33. The number of rotatable bonds is 9. The van der Waals surface area contributed by atoms with Crippen LogP contribution in [-0.2, 0) is 17.4 Å². The van der Waals surface area contributed by atoms with Crippen molar-refractivity contribution in [3.8, 4) is 0 Å². The Kier molecular flexibility index (Phi) is 8.50. The minimum Gasteiger partial charge on any atom is -0.303 e. The van der Waals surface area contributed by atoms with Crippen LogP contribution >= 0.6 is 0 Å². The molecule has 0 bridgehead atoms. The summed E-state index contributed by atoms with van der Waals surface area (Å²) in [6, 6.07) is 17.2. The highest BCUT2D eigenvalue weighted by Gasteiger charge is 2.32. The van der Waals surface area contributed by atoms with Crippen LogP contribution in [0.2, 0.25) is 0 Å². The maximum absolute atomic E-state index is 13.0. The predicted molar refractivity (Wildman–Crippen MR) is 130 cm³/mol. The molecule has 3 nitrogen and oxygen atoms in total. The molecular formula is C27H37FN2OS. The topological polar surface area (TPSA) is 23.6 Å². The molecule has 2 aliphatic rings. The third-order valence-electron chi connectivity index (χ3n) is 7.45. The first-order chi connectivity index (χ1) is 15.6. The van der Waals surface area contributed by atoms with E-state index >= 15 is 0 Å². The van der Waals surface area contributed by atoms with Crippen molar-refractivity contribution in [1.82, 2.24) is 9.21 Å². The summed E-state index contributed by atoms with van der Waals surface area (Å²) in [5, 5.41) is 0. The van der Waals surface area contributed by atoms with Gasteiger partial charge >= 0.3 is 0 Å². The van der Waals surface area contributed by atoms with E-state index in [-0.39, 0.29) is 5.82 Å². The molecule has 0 spiro atoms. The largest absolute Gasteiger partial charge is 0.303 e. The van der Waals surface area contributed by atoms with E-state index < -0.39 is 11.0 Å². The van der Waals surface area contributed by atoms with Crippen LogP contribution in [0.15, 0.2) is 59.5 Å². The zero-order chi connectivity index (χ0) is 22.3. The van der Waals surface area contributed by atoms with E-state index in [1.54, 1.807) is 12.1 Å². The standard InChI is InChI=1S/C27H37FN2OS/c1-29(32(31)27-8-3-2-4-9-27)26-15-12-24(20-26)21-30-18-16-23(17-19-30)7-5-6-22-10-13-25(28)14-11-22/h2-4,8-11,13-14,23-24,26H,5-7,12,15-21H2,1H3. The van der Waals surface area contributed by atoms with Gasteiger partial charge in [0.1, 0.15) is 16.8 Å². The molecule has 174 valence electrons. The van der Waals surface area contributed by atoms with E-state index in [4.69, 9.17) is 0 Å². The van der Waals surface area contributed by atoms with Crippen LogP contribution in [0.3, 0.4) is 0 Å². The summed E-state index contributed by atoms with van der Waals surface area (Å²) in [7, 11) is 0.960. The van der Waals surface area contributed by atoms with Gasteiger partial charge in [-0.25, -0.2) is 12.9 Å². The minimum atomic E-state index is -1.06. The molecule has 4 rings (SSSR count). The maximum Gasteiger partial charge on any atom is 0.127 e. The van der Waals surface area contributed by atoms with Crippen LogP contribution in [-0.4, -0.2) is 46.1 Å². The Morgan fingerprint density at radius 2 is 1.69 bits per heavy atom. The van der Waals surface area contributed by atoms with Gasteiger partial charge in [0.2, 0.25) is 0 Å². The Morgan fingerprint density at radius 3 is 2.41 bits per heavy atom. The molecule has 2 fully saturated rings. The predicted octanol–water partition coefficient (Wildman–Crippen LogP) is 5.68. The molecule has 0 N–H and O–H groups in total. The number of halogens is 1. The fraction of sp³-hybridized carbons (Fsp3) is 0.556. The molecular weight excluding hydrogens is 419 g/mol. The SMILES string of the molecule is CN(C1CCC(CN2CCC(CCCc3ccc(F)cc3)CC2)C1)S(=O)c1ccccc1. The monoisotopic (exact) mass is 456 g/mol. The summed E-state index contributed by atoms with van der Waals surface area (Å²) in [6.45, 7) is 3.63. The van der Waals surface area contributed by atoms with Gasteiger partial charge in [-0.15, -0.1) is 0 Å². The van der Waals surface area contributed by atoms with Crippen molar-refractivity contribution < 1.29 is 8.60 Å². The van der Waals surface area contributed by atoms with Gasteiger partial charge in [0.15, 0.2) is 0 Å². The van der Waals surface area contributed by atoms with Crippen LogP contribution in [0.5, 0.6) is 0 Å². The molecule has 32 heavy (non-hydrogen) atoms. The number of nitrogens with zero attached hydrogens (tertiary/aromatic N) is 2. The molecule has 3 atom stereocenters. The van der Waals surface area contributed by atoms with E-state index in [0.29, 0.717) is 6.04 Å². The lowest BCUT2D eigenvalue weighted by atomic mass is 9.90. The van der Waals surface area contributed by atoms with E-state index in [9.17, 15) is 8.60 Å². The quantitative estimate of drug-likeness (QED) is 0.484. The van der Waals surface area contributed by atoms with Crippen molar-refractivity contribution in [3.05, 3.63) is 66.0 Å². The summed E-state index contributed by atoms with van der Waals surface area (Å²) in [5.41, 5.74) is 1.25. The molecule has 1 saturated carbocycles. The fourth-order valence-electron chi connectivity index (χ4n) is 5.45. The molecule has 0 amide bonds. The van der Waals surface area contributed by atoms with Gasteiger partial charge in [-0.2, -0.15) is 0 Å². The Labute approximate surface area is 195 Å². The van der Waals surface area contributed by atoms with Gasteiger partial charge in [-0.1, -0.05) is 36.8 Å². The Balaban J connectivity index is 1.14. The second kappa shape index (κ2) is 11.5. The van der Waals surface area contributed by atoms with E-state index in [2.05, 4.69) is 9.21 Å². The van der Waals surface area contributed by atoms with Crippen molar-refractivity contribution >= 4 is 11.0 Å². The third kappa shape index (κ3) is 6.49. The highest BCUT2D eigenvalue weighted by molar-refractivity contribution is 7.82. The highest BCUT2D eigenvalue weighted by atomic mass is 32.2. The smallest absolute Gasteiger partial charge is 0.127 e. The molecule has 1 saturated heterocycles. The second-order valence-electron chi connectivity index (χ2n) is 9.70. The molecule has 0 aromatic heterocycles. The average molecular weight is 457 g/mol. The van der Waals surface area contributed by atoms with Crippen molar-refractivity contribution in [2.45, 2.75) is 62.3 Å². The minimum absolute atomic E-state index is 0.147. The highest BCUT2D eigenvalue weighted by Crippen LogP contribution is 2.32. The number of likely N-dealkylation sites (tertiary alicyclic amines) is 1. The van der Waals surface area contributed by atoms with Gasteiger partial charge in [0, 0.05) is 19.6 Å². The van der Waals surface area contributed by atoms with Crippen molar-refractivity contribution in [3.63, 3.8) is 0 Å². The Morgan fingerprint density at radius 1 is 0.969 bits per heavy atom. The molecule has 1 aliphatic heterocycles. The molecule has 1 heterocycles. The van der Waals surface area contributed by atoms with Crippen molar-refractivity contribution in [2.75, 3.05) is 26.7 Å². The number of benzene rings is 2. The summed E-state index contributed by atoms with van der Waals surface area (Å²) in [4.78, 5) is 3.57. The number of hydrogen-bond acceptors (Lipinski definition) is 2. The van der Waals surface area contributed by atoms with Gasteiger partial charge in [0.05, 0.1) is 4.90 Å². The molecule has 0 radical (unpaired) electrons. The fourth-order valence-corrected chi connectivity index (χ4v) is 6.64. The third-order valence-corrected chi connectivity index (χ3v) is 8.95. The lowest BCUT2D eigenvalue weighted by molar-refractivity contribution is 0.154. The van der Waals surface area contributed by atoms with Gasteiger partial charge in [0.25, 0.3) is 0 Å². The molecule has 2 aromatic carbocycles. The van der Waals surface area contributed by atoms with Gasteiger partial charge in [-0.05, 0) is 99.7 Å². The zero-order valence-corrected chi connectivity index (χ0v) is 20.1. The first-order valence-corrected chi connectivity index (χ1v) is 13.4. The van der Waals surface area contributed by atoms with Crippen LogP contribution in [0, 0.1) is 17.7 Å². The molecule has 5 heteroatoms. The first-order valence-electron chi connectivity index (χ1n) is 12.2. The lowest BCUT2D eigenvalue weighted by Crippen LogP contribution is -2.37. The van der Waals surface area contributed by atoms with Gasteiger partial charge in [-0.3, -0.25) is 0 Å². The summed E-state index contributed by atoms with van der Waals surface area (Å²) < 4.78 is 28.0. The summed E-state index contributed by atoms with van der Waals surface area (Å²) in [6.07, 6.45) is 9.71. The average Bonchev–Trinajstić information content (AvgIpc) is 3.29. The van der Waals surface area contributed by atoms with Gasteiger partial charge < -0.3 is 4.90 Å². The van der Waals surface area contributed by atoms with Crippen molar-refractivity contribution in [2.24, 2.45) is 11.8 Å². The molecule has 1 aliphatic carbocycles. The van der Waals surface area contributed by atoms with Crippen LogP contribution in [0.4, 0.5) is 4.39 Å². The van der Waals surface area contributed by atoms with Crippen LogP contribution in [0.25, 0.3) is 0 Å². The van der Waals surface area contributed by atoms with Crippen molar-refractivity contribution in [1.29, 1.82) is 0 Å². The van der Waals surface area contributed by atoms with E-state index in [1.165, 1.54) is 57.3 Å². The normalized spacial score (nSPS) is 23.6. The number of aryl methyl sites for hydroxylation is 1.